The van der Waals surface area contributed by atoms with E-state index in [1.807, 2.05) is 0 Å². The molecule has 0 saturated heterocycles. The first kappa shape index (κ1) is 14.1. The molecule has 106 valence electrons. The molecule has 1 fully saturated rings. The largest absolute Gasteiger partial charge is 0.353 e. The van der Waals surface area contributed by atoms with Gasteiger partial charge in [0.2, 0.25) is 5.95 Å². The minimum absolute atomic E-state index is 0.0493. The maximum Gasteiger partial charge on any atom is 0.252 e. The minimum atomic E-state index is -0.0493. The highest BCUT2D eigenvalue weighted by Crippen LogP contribution is 2.19. The Kier molecular flexibility index (Phi) is 5.43. The van der Waals surface area contributed by atoms with Crippen molar-refractivity contribution in [3.05, 3.63) is 22.1 Å². The lowest BCUT2D eigenvalue weighted by atomic mass is 9.97. The molecule has 0 bridgehead atoms. The van der Waals surface area contributed by atoms with Crippen LogP contribution in [-0.2, 0) is 6.42 Å². The van der Waals surface area contributed by atoms with Gasteiger partial charge in [-0.15, -0.1) is 0 Å². The smallest absolute Gasteiger partial charge is 0.252 e. The Balaban J connectivity index is 2.02. The summed E-state index contributed by atoms with van der Waals surface area (Å²) in [6, 6.07) is 2.06. The van der Waals surface area contributed by atoms with E-state index in [1.54, 1.807) is 6.07 Å². The molecule has 1 aromatic rings. The lowest BCUT2D eigenvalue weighted by molar-refractivity contribution is 0.469. The van der Waals surface area contributed by atoms with Gasteiger partial charge in [0.1, 0.15) is 0 Å². The third kappa shape index (κ3) is 4.69. The van der Waals surface area contributed by atoms with Gasteiger partial charge in [0, 0.05) is 17.8 Å². The molecular weight excluding hydrogens is 238 g/mol. The standard InChI is InChI=1S/C15H25N3O/c1-2-8-13-11-14(19)18-15(17-13)16-12-9-6-4-3-5-7-10-12/h11-12H,2-10H2,1H3,(H2,16,17,18,19). The molecule has 4 heteroatoms. The molecule has 1 saturated carbocycles. The summed E-state index contributed by atoms with van der Waals surface area (Å²) in [6.45, 7) is 2.10. The van der Waals surface area contributed by atoms with Crippen LogP contribution in [0.5, 0.6) is 0 Å². The quantitative estimate of drug-likeness (QED) is 0.876. The van der Waals surface area contributed by atoms with Gasteiger partial charge in [0.15, 0.2) is 0 Å². The fourth-order valence-electron chi connectivity index (χ4n) is 2.75. The Bertz CT molecular complexity index is 433. The molecule has 1 heterocycles. The fraction of sp³-hybridized carbons (Fsp3) is 0.733. The van der Waals surface area contributed by atoms with Gasteiger partial charge in [-0.2, -0.15) is 0 Å². The van der Waals surface area contributed by atoms with Crippen molar-refractivity contribution in [1.82, 2.24) is 9.97 Å². The molecule has 0 amide bonds. The molecule has 0 radical (unpaired) electrons. The molecule has 1 aliphatic carbocycles. The molecule has 0 spiro atoms. The second-order valence-electron chi connectivity index (χ2n) is 5.52. The first-order valence-corrected chi connectivity index (χ1v) is 7.64. The Morgan fingerprint density at radius 2 is 1.95 bits per heavy atom. The first-order valence-electron chi connectivity index (χ1n) is 7.64. The Morgan fingerprint density at radius 1 is 1.26 bits per heavy atom. The summed E-state index contributed by atoms with van der Waals surface area (Å²) in [5.41, 5.74) is 0.839. The van der Waals surface area contributed by atoms with Gasteiger partial charge in [-0.3, -0.25) is 9.78 Å². The molecule has 2 rings (SSSR count). The molecule has 0 aliphatic heterocycles. The lowest BCUT2D eigenvalue weighted by Crippen LogP contribution is -2.24. The molecule has 2 N–H and O–H groups in total. The van der Waals surface area contributed by atoms with E-state index in [-0.39, 0.29) is 5.56 Å². The second kappa shape index (κ2) is 7.31. The molecule has 19 heavy (non-hydrogen) atoms. The van der Waals surface area contributed by atoms with Gasteiger partial charge >= 0.3 is 0 Å². The van der Waals surface area contributed by atoms with Crippen molar-refractivity contribution in [2.75, 3.05) is 5.32 Å². The summed E-state index contributed by atoms with van der Waals surface area (Å²) < 4.78 is 0. The number of hydrogen-bond donors (Lipinski definition) is 2. The molecule has 0 aromatic carbocycles. The van der Waals surface area contributed by atoms with Crippen molar-refractivity contribution in [1.29, 1.82) is 0 Å². The predicted octanol–water partition coefficient (Wildman–Crippen LogP) is 3.25. The van der Waals surface area contributed by atoms with Gasteiger partial charge in [0.05, 0.1) is 0 Å². The zero-order valence-electron chi connectivity index (χ0n) is 11.9. The maximum absolute atomic E-state index is 11.6. The predicted molar refractivity (Wildman–Crippen MR) is 78.6 cm³/mol. The molecule has 1 aliphatic rings. The van der Waals surface area contributed by atoms with Crippen LogP contribution in [0.25, 0.3) is 0 Å². The van der Waals surface area contributed by atoms with Gasteiger partial charge in [0.25, 0.3) is 5.56 Å². The van der Waals surface area contributed by atoms with Crippen molar-refractivity contribution in [2.24, 2.45) is 0 Å². The molecular formula is C15H25N3O. The van der Waals surface area contributed by atoms with Crippen LogP contribution in [0, 0.1) is 0 Å². The third-order valence-electron chi connectivity index (χ3n) is 3.75. The SMILES string of the molecule is CCCc1cc(=O)[nH]c(NC2CCCCCCC2)n1. The Labute approximate surface area is 115 Å². The first-order chi connectivity index (χ1) is 9.28. The number of rotatable bonds is 4. The molecule has 0 unspecified atom stereocenters. The van der Waals surface area contributed by atoms with Crippen molar-refractivity contribution < 1.29 is 0 Å². The normalized spacial score (nSPS) is 17.7. The van der Waals surface area contributed by atoms with Crippen LogP contribution in [0.2, 0.25) is 0 Å². The highest BCUT2D eigenvalue weighted by molar-refractivity contribution is 5.26. The average Bonchev–Trinajstić information content (AvgIpc) is 2.32. The summed E-state index contributed by atoms with van der Waals surface area (Å²) in [4.78, 5) is 18.9. The van der Waals surface area contributed by atoms with Crippen LogP contribution in [-0.4, -0.2) is 16.0 Å². The Morgan fingerprint density at radius 3 is 2.63 bits per heavy atom. The number of nitrogens with one attached hydrogen (secondary N) is 2. The summed E-state index contributed by atoms with van der Waals surface area (Å²) in [5, 5.41) is 3.42. The van der Waals surface area contributed by atoms with Crippen LogP contribution in [0.4, 0.5) is 5.95 Å². The van der Waals surface area contributed by atoms with Gasteiger partial charge in [-0.25, -0.2) is 4.98 Å². The maximum atomic E-state index is 11.6. The van der Waals surface area contributed by atoms with Gasteiger partial charge < -0.3 is 5.32 Å². The van der Waals surface area contributed by atoms with Crippen molar-refractivity contribution in [3.8, 4) is 0 Å². The second-order valence-corrected chi connectivity index (χ2v) is 5.52. The minimum Gasteiger partial charge on any atom is -0.353 e. The Hall–Kier alpha value is -1.32. The summed E-state index contributed by atoms with van der Waals surface area (Å²) in [6.07, 6.45) is 10.8. The number of hydrogen-bond acceptors (Lipinski definition) is 3. The monoisotopic (exact) mass is 263 g/mol. The average molecular weight is 263 g/mol. The van der Waals surface area contributed by atoms with E-state index in [9.17, 15) is 4.79 Å². The summed E-state index contributed by atoms with van der Waals surface area (Å²) in [7, 11) is 0. The molecule has 4 nitrogen and oxygen atoms in total. The zero-order valence-corrected chi connectivity index (χ0v) is 11.9. The van der Waals surface area contributed by atoms with E-state index in [2.05, 4.69) is 22.2 Å². The summed E-state index contributed by atoms with van der Waals surface area (Å²) in [5.74, 6) is 0.654. The van der Waals surface area contributed by atoms with Crippen LogP contribution in [0.1, 0.15) is 64.0 Å². The fourth-order valence-corrected chi connectivity index (χ4v) is 2.75. The third-order valence-corrected chi connectivity index (χ3v) is 3.75. The topological polar surface area (TPSA) is 57.8 Å². The van der Waals surface area contributed by atoms with E-state index in [0.717, 1.165) is 18.5 Å². The number of nitrogens with zero attached hydrogens (tertiary/aromatic N) is 1. The number of aromatic amines is 1. The molecule has 1 aromatic heterocycles. The molecule has 0 atom stereocenters. The van der Waals surface area contributed by atoms with Gasteiger partial charge in [-0.1, -0.05) is 45.4 Å². The van der Waals surface area contributed by atoms with Crippen molar-refractivity contribution in [2.45, 2.75) is 70.8 Å². The zero-order chi connectivity index (χ0) is 13.5. The van der Waals surface area contributed by atoms with E-state index in [1.165, 1.54) is 44.9 Å². The number of anilines is 1. The van der Waals surface area contributed by atoms with E-state index in [4.69, 9.17) is 0 Å². The van der Waals surface area contributed by atoms with E-state index in [0.29, 0.717) is 12.0 Å². The van der Waals surface area contributed by atoms with Crippen LogP contribution in [0.15, 0.2) is 10.9 Å². The van der Waals surface area contributed by atoms with Gasteiger partial charge in [-0.05, 0) is 19.3 Å². The number of aryl methyl sites for hydroxylation is 1. The van der Waals surface area contributed by atoms with E-state index >= 15 is 0 Å². The highest BCUT2D eigenvalue weighted by Gasteiger charge is 2.12. The van der Waals surface area contributed by atoms with Crippen molar-refractivity contribution >= 4 is 5.95 Å². The number of aromatic nitrogens is 2. The van der Waals surface area contributed by atoms with Crippen LogP contribution >= 0.6 is 0 Å². The highest BCUT2D eigenvalue weighted by atomic mass is 16.1. The summed E-state index contributed by atoms with van der Waals surface area (Å²) >= 11 is 0. The lowest BCUT2D eigenvalue weighted by Gasteiger charge is -2.21. The van der Waals surface area contributed by atoms with Crippen LogP contribution < -0.4 is 10.9 Å². The van der Waals surface area contributed by atoms with E-state index < -0.39 is 0 Å². The van der Waals surface area contributed by atoms with Crippen LogP contribution in [0.3, 0.4) is 0 Å². The number of H-pyrrole nitrogens is 1. The van der Waals surface area contributed by atoms with Crippen molar-refractivity contribution in [3.63, 3.8) is 0 Å².